The van der Waals surface area contributed by atoms with Crippen LogP contribution in [0.25, 0.3) is 0 Å². The number of amides is 1. The van der Waals surface area contributed by atoms with Crippen molar-refractivity contribution in [1.82, 2.24) is 0 Å². The summed E-state index contributed by atoms with van der Waals surface area (Å²) in [7, 11) is 0. The van der Waals surface area contributed by atoms with Gasteiger partial charge in [-0.3, -0.25) is 9.59 Å². The average Bonchev–Trinajstić information content (AvgIpc) is 3.18. The van der Waals surface area contributed by atoms with Crippen LogP contribution in [0.5, 0.6) is 23.0 Å². The zero-order chi connectivity index (χ0) is 20.4. The van der Waals surface area contributed by atoms with Gasteiger partial charge in [0.2, 0.25) is 6.79 Å². The Bertz CT molecular complexity index is 1000. The van der Waals surface area contributed by atoms with Gasteiger partial charge >= 0.3 is 5.97 Å². The van der Waals surface area contributed by atoms with Gasteiger partial charge in [0.15, 0.2) is 35.4 Å². The third-order valence-corrected chi connectivity index (χ3v) is 4.28. The lowest BCUT2D eigenvalue weighted by Gasteiger charge is -2.18. The molecule has 150 valence electrons. The van der Waals surface area contributed by atoms with Crippen molar-refractivity contribution in [3.8, 4) is 23.0 Å². The van der Waals surface area contributed by atoms with Crippen LogP contribution in [0.3, 0.4) is 0 Å². The van der Waals surface area contributed by atoms with Crippen molar-refractivity contribution < 1.29 is 38.1 Å². The van der Waals surface area contributed by atoms with Crippen LogP contribution >= 0.6 is 0 Å². The van der Waals surface area contributed by atoms with Crippen LogP contribution in [0.2, 0.25) is 0 Å². The van der Waals surface area contributed by atoms with Crippen molar-refractivity contribution in [2.75, 3.05) is 31.9 Å². The first-order chi connectivity index (χ1) is 14.0. The predicted molar refractivity (Wildman–Crippen MR) is 98.9 cm³/mol. The lowest BCUT2D eigenvalue weighted by atomic mass is 10.1. The Kier molecular flexibility index (Phi) is 4.94. The second kappa shape index (κ2) is 7.70. The van der Waals surface area contributed by atoms with Crippen molar-refractivity contribution in [1.29, 1.82) is 0 Å². The van der Waals surface area contributed by atoms with Gasteiger partial charge < -0.3 is 29.0 Å². The molecule has 2 heterocycles. The maximum Gasteiger partial charge on any atom is 0.338 e. The van der Waals surface area contributed by atoms with Gasteiger partial charge in [-0.25, -0.2) is 4.79 Å². The Morgan fingerprint density at radius 1 is 0.931 bits per heavy atom. The van der Waals surface area contributed by atoms with Crippen molar-refractivity contribution in [2.45, 2.75) is 6.92 Å². The smallest absolute Gasteiger partial charge is 0.338 e. The lowest BCUT2D eigenvalue weighted by Crippen LogP contribution is -2.22. The summed E-state index contributed by atoms with van der Waals surface area (Å²) in [5.74, 6) is 0.294. The van der Waals surface area contributed by atoms with E-state index >= 15 is 0 Å². The number of ketones is 1. The summed E-state index contributed by atoms with van der Waals surface area (Å²) < 4.78 is 26.4. The molecule has 0 saturated heterocycles. The molecule has 2 aliphatic rings. The Hall–Kier alpha value is -3.75. The lowest BCUT2D eigenvalue weighted by molar-refractivity contribution is -0.119. The summed E-state index contributed by atoms with van der Waals surface area (Å²) in [6, 6.07) is 7.64. The number of carbonyl (C=O) groups is 3. The highest BCUT2D eigenvalue weighted by Gasteiger charge is 2.21. The maximum absolute atomic E-state index is 12.2. The molecule has 1 N–H and O–H groups in total. The van der Waals surface area contributed by atoms with E-state index in [4.69, 9.17) is 23.7 Å². The van der Waals surface area contributed by atoms with Gasteiger partial charge in [-0.15, -0.1) is 0 Å². The molecule has 9 nitrogen and oxygen atoms in total. The summed E-state index contributed by atoms with van der Waals surface area (Å²) in [5.41, 5.74) is 0.748. The molecule has 0 spiro atoms. The van der Waals surface area contributed by atoms with Gasteiger partial charge in [0, 0.05) is 11.6 Å². The van der Waals surface area contributed by atoms with Crippen molar-refractivity contribution >= 4 is 23.3 Å². The fourth-order valence-electron chi connectivity index (χ4n) is 2.91. The van der Waals surface area contributed by atoms with Crippen LogP contribution in [-0.2, 0) is 9.53 Å². The summed E-state index contributed by atoms with van der Waals surface area (Å²) >= 11 is 0. The van der Waals surface area contributed by atoms with Crippen LogP contribution in [0, 0.1) is 0 Å². The van der Waals surface area contributed by atoms with Gasteiger partial charge in [-0.05, 0) is 31.2 Å². The molecule has 0 saturated carbocycles. The molecule has 4 rings (SSSR count). The largest absolute Gasteiger partial charge is 0.486 e. The number of fused-ring (bicyclic) bond motifs is 2. The van der Waals surface area contributed by atoms with E-state index in [9.17, 15) is 14.4 Å². The average molecular weight is 399 g/mol. The van der Waals surface area contributed by atoms with Crippen LogP contribution in [0.15, 0.2) is 30.3 Å². The Morgan fingerprint density at radius 2 is 1.62 bits per heavy atom. The second-order valence-electron chi connectivity index (χ2n) is 6.29. The summed E-state index contributed by atoms with van der Waals surface area (Å²) in [5, 5.41) is 2.56. The van der Waals surface area contributed by atoms with E-state index < -0.39 is 18.5 Å². The third-order valence-electron chi connectivity index (χ3n) is 4.28. The van der Waals surface area contributed by atoms with E-state index in [2.05, 4.69) is 5.32 Å². The molecule has 0 fully saturated rings. The molecule has 0 bridgehead atoms. The fourth-order valence-corrected chi connectivity index (χ4v) is 2.91. The van der Waals surface area contributed by atoms with Crippen LogP contribution in [0.4, 0.5) is 5.69 Å². The number of nitrogens with one attached hydrogen (secondary N) is 1. The third kappa shape index (κ3) is 3.93. The maximum atomic E-state index is 12.2. The van der Waals surface area contributed by atoms with Gasteiger partial charge in [0.25, 0.3) is 5.91 Å². The standard InChI is InChI=1S/C20H17NO8/c1-11(22)13-7-17-18(29-10-28-17)8-14(13)21-19(23)9-27-20(24)12-2-3-15-16(6-12)26-5-4-25-15/h2-3,6-8H,4-5,9-10H2,1H3,(H,21,23). The number of benzene rings is 2. The molecule has 9 heteroatoms. The first-order valence-corrected chi connectivity index (χ1v) is 8.82. The second-order valence-corrected chi connectivity index (χ2v) is 6.29. The number of hydrogen-bond acceptors (Lipinski definition) is 8. The van der Waals surface area contributed by atoms with Crippen molar-refractivity contribution in [3.63, 3.8) is 0 Å². The number of esters is 1. The van der Waals surface area contributed by atoms with Crippen LogP contribution in [0.1, 0.15) is 27.6 Å². The molecular weight excluding hydrogens is 382 g/mol. The molecule has 2 aromatic rings. The molecular formula is C20H17NO8. The highest BCUT2D eigenvalue weighted by atomic mass is 16.7. The van der Waals surface area contributed by atoms with Gasteiger partial charge in [0.1, 0.15) is 13.2 Å². The van der Waals surface area contributed by atoms with Crippen LogP contribution in [-0.4, -0.2) is 44.3 Å². The summed E-state index contributed by atoms with van der Waals surface area (Å²) in [6.07, 6.45) is 0. The monoisotopic (exact) mass is 399 g/mol. The zero-order valence-corrected chi connectivity index (χ0v) is 15.5. The highest BCUT2D eigenvalue weighted by Crippen LogP contribution is 2.37. The molecule has 0 atom stereocenters. The molecule has 2 aromatic carbocycles. The molecule has 29 heavy (non-hydrogen) atoms. The number of ether oxygens (including phenoxy) is 5. The number of hydrogen-bond donors (Lipinski definition) is 1. The fraction of sp³-hybridized carbons (Fsp3) is 0.250. The van der Waals surface area contributed by atoms with E-state index in [0.29, 0.717) is 36.2 Å². The van der Waals surface area contributed by atoms with Crippen molar-refractivity contribution in [2.24, 2.45) is 0 Å². The SMILES string of the molecule is CC(=O)c1cc2c(cc1NC(=O)COC(=O)c1ccc3c(c1)OCCO3)OCO2. The Morgan fingerprint density at radius 3 is 2.38 bits per heavy atom. The van der Waals surface area contributed by atoms with Crippen LogP contribution < -0.4 is 24.3 Å². The Balaban J connectivity index is 1.40. The molecule has 2 aliphatic heterocycles. The number of anilines is 1. The first kappa shape index (κ1) is 18.6. The minimum atomic E-state index is -0.686. The topological polar surface area (TPSA) is 109 Å². The van der Waals surface area contributed by atoms with E-state index in [1.165, 1.54) is 31.2 Å². The van der Waals surface area contributed by atoms with Gasteiger partial charge in [-0.2, -0.15) is 0 Å². The number of Topliss-reactive ketones (excluding diaryl/α,β-unsaturated/α-hetero) is 1. The number of carbonyl (C=O) groups excluding carboxylic acids is 3. The molecule has 0 radical (unpaired) electrons. The summed E-state index contributed by atoms with van der Waals surface area (Å²) in [6.45, 7) is 1.71. The minimum absolute atomic E-state index is 0.0389. The van der Waals surface area contributed by atoms with E-state index in [1.54, 1.807) is 6.07 Å². The highest BCUT2D eigenvalue weighted by molar-refractivity contribution is 6.05. The normalized spacial score (nSPS) is 13.6. The molecule has 0 aliphatic carbocycles. The van der Waals surface area contributed by atoms with E-state index in [1.807, 2.05) is 0 Å². The first-order valence-electron chi connectivity index (χ1n) is 8.82. The zero-order valence-electron chi connectivity index (χ0n) is 15.5. The molecule has 0 unspecified atom stereocenters. The van der Waals surface area contributed by atoms with Gasteiger partial charge in [0.05, 0.1) is 11.3 Å². The summed E-state index contributed by atoms with van der Waals surface area (Å²) in [4.78, 5) is 36.3. The van der Waals surface area contributed by atoms with Gasteiger partial charge in [-0.1, -0.05) is 0 Å². The Labute approximate surface area is 165 Å². The van der Waals surface area contributed by atoms with E-state index in [-0.39, 0.29) is 29.4 Å². The predicted octanol–water partition coefficient (Wildman–Crippen LogP) is 2.18. The quantitative estimate of drug-likeness (QED) is 0.602. The minimum Gasteiger partial charge on any atom is -0.486 e. The van der Waals surface area contributed by atoms with E-state index in [0.717, 1.165) is 0 Å². The number of rotatable bonds is 5. The molecule has 0 aromatic heterocycles. The van der Waals surface area contributed by atoms with Crippen molar-refractivity contribution in [3.05, 3.63) is 41.5 Å². The molecule has 1 amide bonds.